The van der Waals surface area contributed by atoms with E-state index in [0.29, 0.717) is 19.5 Å². The molecule has 8 heteroatoms. The average Bonchev–Trinajstić information content (AvgIpc) is 2.90. The Hall–Kier alpha value is -1.60. The summed E-state index contributed by atoms with van der Waals surface area (Å²) in [5.74, 6) is 0.841. The molecule has 3 aliphatic rings. The Kier molecular flexibility index (Phi) is 4.47. The van der Waals surface area contributed by atoms with Crippen LogP contribution in [-0.2, 0) is 22.4 Å². The van der Waals surface area contributed by atoms with Gasteiger partial charge in [0.25, 0.3) is 0 Å². The molecule has 1 aromatic rings. The van der Waals surface area contributed by atoms with E-state index in [-0.39, 0.29) is 23.6 Å². The molecule has 4 rings (SSSR count). The van der Waals surface area contributed by atoms with E-state index in [2.05, 4.69) is 14.9 Å². The number of aromatic nitrogens is 2. The molecule has 4 heterocycles. The molecule has 0 N–H and O–H groups in total. The summed E-state index contributed by atoms with van der Waals surface area (Å²) in [6.45, 7) is 8.26. The Bertz CT molecular complexity index is 709. The second kappa shape index (κ2) is 6.53. The molecule has 7 nitrogen and oxygen atoms in total. The van der Waals surface area contributed by atoms with E-state index in [9.17, 15) is 4.79 Å². The number of rotatable bonds is 1. The lowest BCUT2D eigenvalue weighted by Crippen LogP contribution is -2.45. The number of ether oxygens (including phenoxy) is 2. The van der Waals surface area contributed by atoms with Gasteiger partial charge in [0.05, 0.1) is 24.4 Å². The molecule has 2 fully saturated rings. The Morgan fingerprint density at radius 1 is 1.23 bits per heavy atom. The van der Waals surface area contributed by atoms with E-state index in [4.69, 9.17) is 21.1 Å². The van der Waals surface area contributed by atoms with Crippen molar-refractivity contribution in [2.45, 2.75) is 64.4 Å². The minimum Gasteiger partial charge on any atom is -0.444 e. The van der Waals surface area contributed by atoms with Crippen molar-refractivity contribution in [1.82, 2.24) is 14.9 Å². The summed E-state index contributed by atoms with van der Waals surface area (Å²) in [4.78, 5) is 25.4. The maximum Gasteiger partial charge on any atom is 0.410 e. The smallest absolute Gasteiger partial charge is 0.410 e. The van der Waals surface area contributed by atoms with Gasteiger partial charge in [-0.05, 0) is 45.2 Å². The summed E-state index contributed by atoms with van der Waals surface area (Å²) in [7, 11) is 0. The highest BCUT2D eigenvalue weighted by Gasteiger charge is 2.37. The van der Waals surface area contributed by atoms with Crippen LogP contribution in [0.2, 0.25) is 5.28 Å². The number of nitrogens with zero attached hydrogens (tertiary/aromatic N) is 4. The number of amides is 1. The van der Waals surface area contributed by atoms with Crippen LogP contribution < -0.4 is 4.90 Å². The van der Waals surface area contributed by atoms with Gasteiger partial charge in [0.2, 0.25) is 5.28 Å². The molecule has 0 aliphatic carbocycles. The number of carbonyl (C=O) groups excluding carboxylic acids is 1. The highest BCUT2D eigenvalue weighted by atomic mass is 35.5. The van der Waals surface area contributed by atoms with E-state index in [0.717, 1.165) is 43.0 Å². The summed E-state index contributed by atoms with van der Waals surface area (Å²) < 4.78 is 11.5. The highest BCUT2D eigenvalue weighted by Crippen LogP contribution is 2.34. The number of fused-ring (bicyclic) bond motifs is 3. The van der Waals surface area contributed by atoms with Gasteiger partial charge in [0.1, 0.15) is 11.4 Å². The summed E-state index contributed by atoms with van der Waals surface area (Å²) in [5, 5.41) is 0.267. The van der Waals surface area contributed by atoms with Crippen LogP contribution in [0.25, 0.3) is 0 Å². The van der Waals surface area contributed by atoms with Gasteiger partial charge in [-0.25, -0.2) is 14.8 Å². The first-order chi connectivity index (χ1) is 12.3. The van der Waals surface area contributed by atoms with Crippen LogP contribution in [0.3, 0.4) is 0 Å². The fraction of sp³-hybridized carbons (Fsp3) is 0.722. The van der Waals surface area contributed by atoms with Crippen molar-refractivity contribution in [2.24, 2.45) is 0 Å². The SMILES string of the molecule is CC(C)(C)OC(=O)N1CCc2nc(Cl)nc(N3CC4CCC(C3)O4)c2C1. The standard InChI is InChI=1S/C18H25ClN4O3/c1-18(2,3)26-17(24)22-7-6-14-13(10-22)15(21-16(19)20-14)23-8-11-4-5-12(9-23)25-11/h11-12H,4-10H2,1-3H3. The fourth-order valence-corrected chi connectivity index (χ4v) is 4.08. The van der Waals surface area contributed by atoms with Crippen LogP contribution in [0.5, 0.6) is 0 Å². The Balaban J connectivity index is 1.60. The topological polar surface area (TPSA) is 67.8 Å². The normalized spacial score (nSPS) is 25.2. The molecule has 1 aromatic heterocycles. The molecule has 142 valence electrons. The molecule has 26 heavy (non-hydrogen) atoms. The summed E-state index contributed by atoms with van der Waals surface area (Å²) >= 11 is 6.19. The Labute approximate surface area is 158 Å². The third kappa shape index (κ3) is 3.60. The van der Waals surface area contributed by atoms with Crippen LogP contribution in [-0.4, -0.2) is 58.4 Å². The molecule has 1 amide bonds. The van der Waals surface area contributed by atoms with E-state index in [1.54, 1.807) is 4.90 Å². The van der Waals surface area contributed by atoms with Gasteiger partial charge in [0.15, 0.2) is 0 Å². The molecular weight excluding hydrogens is 356 g/mol. The van der Waals surface area contributed by atoms with Crippen LogP contribution in [0.4, 0.5) is 10.6 Å². The van der Waals surface area contributed by atoms with Crippen molar-refractivity contribution in [3.8, 4) is 0 Å². The average molecular weight is 381 g/mol. The molecular formula is C18H25ClN4O3. The third-order valence-corrected chi connectivity index (χ3v) is 5.17. The molecule has 2 atom stereocenters. The van der Waals surface area contributed by atoms with Crippen molar-refractivity contribution in [3.63, 3.8) is 0 Å². The van der Waals surface area contributed by atoms with Crippen molar-refractivity contribution >= 4 is 23.5 Å². The molecule has 3 aliphatic heterocycles. The second-order valence-electron chi connectivity index (χ2n) is 8.26. The summed E-state index contributed by atoms with van der Waals surface area (Å²) in [6.07, 6.45) is 3.04. The van der Waals surface area contributed by atoms with Gasteiger partial charge in [0, 0.05) is 31.6 Å². The first-order valence-electron chi connectivity index (χ1n) is 9.22. The molecule has 0 aromatic carbocycles. The maximum absolute atomic E-state index is 12.5. The van der Waals surface area contributed by atoms with Crippen LogP contribution in [0, 0.1) is 0 Å². The number of hydrogen-bond donors (Lipinski definition) is 0. The molecule has 0 saturated carbocycles. The number of morpholine rings is 1. The highest BCUT2D eigenvalue weighted by molar-refractivity contribution is 6.28. The van der Waals surface area contributed by atoms with E-state index in [1.165, 1.54) is 0 Å². The lowest BCUT2D eigenvalue weighted by molar-refractivity contribution is 0.0217. The number of halogens is 1. The summed E-state index contributed by atoms with van der Waals surface area (Å²) in [5.41, 5.74) is 1.39. The predicted octanol–water partition coefficient (Wildman–Crippen LogP) is 2.79. The second-order valence-corrected chi connectivity index (χ2v) is 8.59. The zero-order valence-electron chi connectivity index (χ0n) is 15.5. The zero-order valence-corrected chi connectivity index (χ0v) is 16.3. The lowest BCUT2D eigenvalue weighted by atomic mass is 10.1. The first kappa shape index (κ1) is 17.8. The molecule has 0 spiro atoms. The molecule has 2 unspecified atom stereocenters. The summed E-state index contributed by atoms with van der Waals surface area (Å²) in [6, 6.07) is 0. The Morgan fingerprint density at radius 2 is 1.92 bits per heavy atom. The minimum atomic E-state index is -0.514. The van der Waals surface area contributed by atoms with E-state index in [1.807, 2.05) is 20.8 Å². The van der Waals surface area contributed by atoms with E-state index >= 15 is 0 Å². The monoisotopic (exact) mass is 380 g/mol. The van der Waals surface area contributed by atoms with Gasteiger partial charge in [-0.3, -0.25) is 0 Å². The quantitative estimate of drug-likeness (QED) is 0.698. The van der Waals surface area contributed by atoms with Crippen molar-refractivity contribution < 1.29 is 14.3 Å². The predicted molar refractivity (Wildman–Crippen MR) is 97.5 cm³/mol. The van der Waals surface area contributed by atoms with E-state index < -0.39 is 5.60 Å². The van der Waals surface area contributed by atoms with Crippen molar-refractivity contribution in [3.05, 3.63) is 16.5 Å². The van der Waals surface area contributed by atoms with Gasteiger partial charge in [-0.2, -0.15) is 0 Å². The number of carbonyl (C=O) groups is 1. The van der Waals surface area contributed by atoms with Crippen LogP contribution in [0.1, 0.15) is 44.9 Å². The van der Waals surface area contributed by atoms with Gasteiger partial charge < -0.3 is 19.3 Å². The largest absolute Gasteiger partial charge is 0.444 e. The minimum absolute atomic E-state index is 0.253. The lowest BCUT2D eigenvalue weighted by Gasteiger charge is -2.37. The first-order valence-corrected chi connectivity index (χ1v) is 9.60. The maximum atomic E-state index is 12.5. The molecule has 0 radical (unpaired) electrons. The number of anilines is 1. The zero-order chi connectivity index (χ0) is 18.5. The van der Waals surface area contributed by atoms with Crippen LogP contribution >= 0.6 is 11.6 Å². The molecule has 2 saturated heterocycles. The number of hydrogen-bond acceptors (Lipinski definition) is 6. The fourth-order valence-electron chi connectivity index (χ4n) is 3.90. The van der Waals surface area contributed by atoms with Crippen molar-refractivity contribution in [2.75, 3.05) is 24.5 Å². The van der Waals surface area contributed by atoms with Gasteiger partial charge >= 0.3 is 6.09 Å². The van der Waals surface area contributed by atoms with Gasteiger partial charge in [-0.15, -0.1) is 0 Å². The van der Waals surface area contributed by atoms with Crippen molar-refractivity contribution in [1.29, 1.82) is 0 Å². The van der Waals surface area contributed by atoms with Gasteiger partial charge in [-0.1, -0.05) is 0 Å². The third-order valence-electron chi connectivity index (χ3n) is 5.01. The van der Waals surface area contributed by atoms with Crippen LogP contribution in [0.15, 0.2) is 0 Å². The Morgan fingerprint density at radius 3 is 2.58 bits per heavy atom. The molecule has 2 bridgehead atoms.